The molecule has 5 nitrogen and oxygen atoms in total. The van der Waals surface area contributed by atoms with Gasteiger partial charge in [0.25, 0.3) is 0 Å². The third-order valence-corrected chi connectivity index (χ3v) is 3.76. The van der Waals surface area contributed by atoms with E-state index in [1.165, 1.54) is 0 Å². The number of imidazole rings is 1. The predicted molar refractivity (Wildman–Crippen MR) is 89.6 cm³/mol. The second-order valence-corrected chi connectivity index (χ2v) is 5.19. The molecular formula is C18H14N4O. The summed E-state index contributed by atoms with van der Waals surface area (Å²) in [6, 6.07) is 7.41. The highest BCUT2D eigenvalue weighted by Crippen LogP contribution is 2.22. The van der Waals surface area contributed by atoms with Gasteiger partial charge >= 0.3 is 5.69 Å². The number of aromatic nitrogens is 4. The van der Waals surface area contributed by atoms with E-state index in [-0.39, 0.29) is 5.69 Å². The molecule has 0 bridgehead atoms. The monoisotopic (exact) mass is 302 g/mol. The highest BCUT2D eigenvalue weighted by molar-refractivity contribution is 5.66. The van der Waals surface area contributed by atoms with E-state index in [0.717, 1.165) is 29.2 Å². The summed E-state index contributed by atoms with van der Waals surface area (Å²) in [5.74, 6) is 0. The molecule has 0 saturated carbocycles. The van der Waals surface area contributed by atoms with E-state index in [1.54, 1.807) is 33.9 Å². The van der Waals surface area contributed by atoms with Gasteiger partial charge in [0.15, 0.2) is 0 Å². The Hall–Kier alpha value is -3.21. The summed E-state index contributed by atoms with van der Waals surface area (Å²) in [4.78, 5) is 21.3. The second-order valence-electron chi connectivity index (χ2n) is 5.19. The van der Waals surface area contributed by atoms with Crippen LogP contribution in [0.3, 0.4) is 0 Å². The molecular weight excluding hydrogens is 288 g/mol. The number of hydrogen-bond donors (Lipinski definition) is 0. The third-order valence-electron chi connectivity index (χ3n) is 3.76. The lowest BCUT2D eigenvalue weighted by Crippen LogP contribution is -2.23. The molecule has 0 unspecified atom stereocenters. The van der Waals surface area contributed by atoms with Crippen molar-refractivity contribution in [1.82, 2.24) is 19.1 Å². The van der Waals surface area contributed by atoms with Gasteiger partial charge in [-0.25, -0.2) is 4.79 Å². The van der Waals surface area contributed by atoms with E-state index >= 15 is 0 Å². The first-order valence-electron chi connectivity index (χ1n) is 7.38. The molecule has 0 aromatic carbocycles. The fourth-order valence-electron chi connectivity index (χ4n) is 2.76. The fraction of sp³-hybridized carbons (Fsp3) is 0.0556. The van der Waals surface area contributed by atoms with Crippen molar-refractivity contribution in [2.45, 2.75) is 6.42 Å². The third kappa shape index (κ3) is 2.23. The summed E-state index contributed by atoms with van der Waals surface area (Å²) >= 11 is 0. The number of fused-ring (bicyclic) bond motifs is 1. The van der Waals surface area contributed by atoms with Crippen molar-refractivity contribution in [3.8, 4) is 11.4 Å². The Morgan fingerprint density at radius 1 is 0.826 bits per heavy atom. The van der Waals surface area contributed by atoms with Crippen molar-refractivity contribution in [1.29, 1.82) is 0 Å². The van der Waals surface area contributed by atoms with Gasteiger partial charge in [-0.15, -0.1) is 0 Å². The van der Waals surface area contributed by atoms with Crippen molar-refractivity contribution in [2.75, 3.05) is 0 Å². The average Bonchev–Trinajstić information content (AvgIpc) is 2.74. The highest BCUT2D eigenvalue weighted by atomic mass is 16.1. The van der Waals surface area contributed by atoms with Crippen molar-refractivity contribution >= 4 is 12.2 Å². The molecule has 0 aliphatic heterocycles. The van der Waals surface area contributed by atoms with E-state index in [9.17, 15) is 4.79 Å². The Balaban J connectivity index is 2.08. The van der Waals surface area contributed by atoms with Crippen LogP contribution in [0.2, 0.25) is 0 Å². The van der Waals surface area contributed by atoms with Gasteiger partial charge in [0.1, 0.15) is 0 Å². The molecule has 0 saturated heterocycles. The van der Waals surface area contributed by atoms with Crippen LogP contribution in [0.25, 0.3) is 23.5 Å². The smallest absolute Gasteiger partial charge is 0.263 e. The molecule has 1 aliphatic rings. The summed E-state index contributed by atoms with van der Waals surface area (Å²) in [5, 5.41) is 0. The summed E-state index contributed by atoms with van der Waals surface area (Å²) in [5.41, 5.74) is 3.06. The van der Waals surface area contributed by atoms with Crippen molar-refractivity contribution in [3.63, 3.8) is 0 Å². The van der Waals surface area contributed by atoms with Gasteiger partial charge < -0.3 is 0 Å². The van der Waals surface area contributed by atoms with E-state index < -0.39 is 0 Å². The average molecular weight is 302 g/mol. The van der Waals surface area contributed by atoms with Crippen LogP contribution in [0.4, 0.5) is 0 Å². The normalized spacial score (nSPS) is 12.9. The fourth-order valence-corrected chi connectivity index (χ4v) is 2.76. The minimum atomic E-state index is -0.132. The molecule has 0 atom stereocenters. The molecule has 4 rings (SSSR count). The Labute approximate surface area is 132 Å². The predicted octanol–water partition coefficient (Wildman–Crippen LogP) is 2.85. The maximum absolute atomic E-state index is 13.1. The number of allylic oxidation sites excluding steroid dienone is 2. The highest BCUT2D eigenvalue weighted by Gasteiger charge is 2.19. The van der Waals surface area contributed by atoms with Gasteiger partial charge in [0.05, 0.1) is 35.2 Å². The largest absolute Gasteiger partial charge is 0.338 e. The van der Waals surface area contributed by atoms with Crippen molar-refractivity contribution in [2.24, 2.45) is 0 Å². The zero-order chi connectivity index (χ0) is 15.6. The van der Waals surface area contributed by atoms with E-state index in [0.29, 0.717) is 0 Å². The van der Waals surface area contributed by atoms with Crippen molar-refractivity contribution < 1.29 is 0 Å². The van der Waals surface area contributed by atoms with Gasteiger partial charge in [-0.1, -0.05) is 12.2 Å². The molecule has 3 aromatic heterocycles. The molecule has 5 heteroatoms. The van der Waals surface area contributed by atoms with Crippen LogP contribution in [0.15, 0.2) is 66.0 Å². The van der Waals surface area contributed by atoms with Crippen LogP contribution in [-0.4, -0.2) is 19.1 Å². The molecule has 112 valence electrons. The summed E-state index contributed by atoms with van der Waals surface area (Å²) in [6.45, 7) is 0. The van der Waals surface area contributed by atoms with E-state index in [1.807, 2.05) is 48.6 Å². The van der Waals surface area contributed by atoms with Gasteiger partial charge in [-0.2, -0.15) is 0 Å². The minimum absolute atomic E-state index is 0.132. The van der Waals surface area contributed by atoms with Crippen LogP contribution < -0.4 is 5.69 Å². The van der Waals surface area contributed by atoms with Crippen LogP contribution in [0.1, 0.15) is 17.8 Å². The lowest BCUT2D eigenvalue weighted by atomic mass is 10.2. The maximum atomic E-state index is 13.1. The molecule has 1 aliphatic carbocycles. The molecule has 0 spiro atoms. The number of hydrogen-bond acceptors (Lipinski definition) is 3. The van der Waals surface area contributed by atoms with Crippen LogP contribution in [0, 0.1) is 0 Å². The van der Waals surface area contributed by atoms with E-state index in [2.05, 4.69) is 9.97 Å². The molecule has 0 N–H and O–H groups in total. The zero-order valence-electron chi connectivity index (χ0n) is 12.3. The topological polar surface area (TPSA) is 52.7 Å². The first-order valence-corrected chi connectivity index (χ1v) is 7.38. The number of rotatable bonds is 2. The lowest BCUT2D eigenvalue weighted by molar-refractivity contribution is 0.893. The van der Waals surface area contributed by atoms with Crippen LogP contribution in [0.5, 0.6) is 0 Å². The van der Waals surface area contributed by atoms with Crippen LogP contribution in [-0.2, 0) is 0 Å². The minimum Gasteiger partial charge on any atom is -0.263 e. The van der Waals surface area contributed by atoms with Gasteiger partial charge in [-0.3, -0.25) is 19.1 Å². The summed E-state index contributed by atoms with van der Waals surface area (Å²) in [7, 11) is 0. The molecule has 3 aromatic rings. The molecule has 0 amide bonds. The maximum Gasteiger partial charge on any atom is 0.338 e. The molecule has 0 fully saturated rings. The second kappa shape index (κ2) is 5.53. The first kappa shape index (κ1) is 13.5. The summed E-state index contributed by atoms with van der Waals surface area (Å²) < 4.78 is 3.36. The van der Waals surface area contributed by atoms with Crippen molar-refractivity contribution in [3.05, 3.63) is 83.1 Å². The molecule has 0 radical (unpaired) electrons. The van der Waals surface area contributed by atoms with Gasteiger partial charge in [0.2, 0.25) is 0 Å². The SMILES string of the molecule is O=c1n(-c2cccnc2)c2c(n1-c1cccnc1)C=CCC=C2. The standard InChI is InChI=1S/C18H14N4O/c23-18-21(14-6-4-10-19-12-14)16-8-2-1-3-9-17(16)22(18)15-7-5-11-20-13-15/h2-13H,1H2. The Morgan fingerprint density at radius 3 is 1.78 bits per heavy atom. The molecule has 23 heavy (non-hydrogen) atoms. The number of nitrogens with zero attached hydrogens (tertiary/aromatic N) is 4. The Kier molecular flexibility index (Phi) is 3.24. The Morgan fingerprint density at radius 2 is 1.35 bits per heavy atom. The quantitative estimate of drug-likeness (QED) is 0.731. The van der Waals surface area contributed by atoms with E-state index in [4.69, 9.17) is 0 Å². The van der Waals surface area contributed by atoms with Crippen LogP contribution >= 0.6 is 0 Å². The summed E-state index contributed by atoms with van der Waals surface area (Å²) in [6.07, 6.45) is 15.7. The van der Waals surface area contributed by atoms with Gasteiger partial charge in [0, 0.05) is 12.4 Å². The first-order chi connectivity index (χ1) is 11.4. The lowest BCUT2D eigenvalue weighted by Gasteiger charge is -2.03. The zero-order valence-corrected chi connectivity index (χ0v) is 12.3. The molecule has 3 heterocycles. The Bertz CT molecular complexity index is 874. The number of pyridine rings is 2. The van der Waals surface area contributed by atoms with Gasteiger partial charge in [-0.05, 0) is 42.8 Å².